The van der Waals surface area contributed by atoms with Gasteiger partial charge in [-0.2, -0.15) is 5.10 Å². The fourth-order valence-electron chi connectivity index (χ4n) is 1.96. The topological polar surface area (TPSA) is 79.2 Å². The zero-order valence-corrected chi connectivity index (χ0v) is 12.9. The first kappa shape index (κ1) is 16.0. The zero-order chi connectivity index (χ0) is 15.9. The normalized spacial score (nSPS) is 13.4. The van der Waals surface area contributed by atoms with Crippen molar-refractivity contribution in [1.29, 1.82) is 0 Å². The Morgan fingerprint density at radius 2 is 2.05 bits per heavy atom. The maximum Gasteiger partial charge on any atom is 0.319 e. The number of amides is 2. The summed E-state index contributed by atoms with van der Waals surface area (Å²) in [6, 6.07) is 9.58. The molecule has 1 aromatic heterocycles. The number of hydrogen-bond donors (Lipinski definition) is 3. The lowest BCUT2D eigenvalue weighted by molar-refractivity contribution is 0.204. The quantitative estimate of drug-likeness (QED) is 0.764. The lowest BCUT2D eigenvalue weighted by Gasteiger charge is -2.19. The highest BCUT2D eigenvalue weighted by Crippen LogP contribution is 2.08. The number of benzene rings is 1. The van der Waals surface area contributed by atoms with E-state index in [0.717, 1.165) is 5.56 Å². The number of aliphatic hydroxyl groups excluding tert-OH is 1. The van der Waals surface area contributed by atoms with Crippen molar-refractivity contribution in [2.75, 3.05) is 11.9 Å². The van der Waals surface area contributed by atoms with Crippen LogP contribution in [0.15, 0.2) is 42.7 Å². The molecule has 0 aliphatic rings. The summed E-state index contributed by atoms with van der Waals surface area (Å²) in [6.45, 7) is 4.43. The van der Waals surface area contributed by atoms with Crippen LogP contribution in [-0.4, -0.2) is 33.6 Å². The number of rotatable bonds is 6. The van der Waals surface area contributed by atoms with Gasteiger partial charge < -0.3 is 15.7 Å². The molecule has 0 aliphatic heterocycles. The van der Waals surface area contributed by atoms with Crippen LogP contribution in [0.3, 0.4) is 0 Å². The molecule has 0 bridgehead atoms. The summed E-state index contributed by atoms with van der Waals surface area (Å²) in [4.78, 5) is 11.9. The Morgan fingerprint density at radius 3 is 2.73 bits per heavy atom. The number of aromatic nitrogens is 2. The maximum atomic E-state index is 11.9. The first-order chi connectivity index (χ1) is 10.6. The van der Waals surface area contributed by atoms with E-state index in [-0.39, 0.29) is 24.6 Å². The van der Waals surface area contributed by atoms with Gasteiger partial charge in [0.05, 0.1) is 18.4 Å². The third-order valence-corrected chi connectivity index (χ3v) is 3.58. The Morgan fingerprint density at radius 1 is 1.32 bits per heavy atom. The second-order valence-corrected chi connectivity index (χ2v) is 5.46. The predicted molar refractivity (Wildman–Crippen MR) is 85.6 cm³/mol. The Balaban J connectivity index is 1.88. The summed E-state index contributed by atoms with van der Waals surface area (Å²) in [5, 5.41) is 18.8. The fraction of sp³-hybridized carbons (Fsp3) is 0.375. The molecule has 2 atom stereocenters. The van der Waals surface area contributed by atoms with Gasteiger partial charge in [0.15, 0.2) is 0 Å². The molecule has 1 heterocycles. The van der Waals surface area contributed by atoms with Gasteiger partial charge >= 0.3 is 6.03 Å². The molecule has 0 radical (unpaired) electrons. The average molecular weight is 302 g/mol. The summed E-state index contributed by atoms with van der Waals surface area (Å²) >= 11 is 0. The Labute approximate surface area is 130 Å². The Bertz CT molecular complexity index is 597. The van der Waals surface area contributed by atoms with Crippen LogP contribution in [0, 0.1) is 5.92 Å². The minimum Gasteiger partial charge on any atom is -0.396 e. The Kier molecular flexibility index (Phi) is 5.55. The van der Waals surface area contributed by atoms with Gasteiger partial charge in [-0.25, -0.2) is 4.79 Å². The molecule has 0 saturated heterocycles. The van der Waals surface area contributed by atoms with Crippen molar-refractivity contribution in [2.24, 2.45) is 5.92 Å². The summed E-state index contributed by atoms with van der Waals surface area (Å²) in [5.41, 5.74) is 1.78. The largest absolute Gasteiger partial charge is 0.396 e. The molecule has 0 aliphatic carbocycles. The van der Waals surface area contributed by atoms with Gasteiger partial charge in [-0.15, -0.1) is 0 Å². The van der Waals surface area contributed by atoms with E-state index in [4.69, 9.17) is 5.11 Å². The first-order valence-corrected chi connectivity index (χ1v) is 7.33. The Hall–Kier alpha value is -2.34. The van der Waals surface area contributed by atoms with Crippen LogP contribution in [0.4, 0.5) is 10.5 Å². The molecule has 2 rings (SSSR count). The van der Waals surface area contributed by atoms with Crippen LogP contribution in [0.2, 0.25) is 0 Å². The van der Waals surface area contributed by atoms with Crippen molar-refractivity contribution in [2.45, 2.75) is 26.4 Å². The molecule has 0 saturated carbocycles. The molecule has 6 heteroatoms. The standard InChI is InChI=1S/C16H22N4O2/c1-12(11-21)13(2)18-16(22)19-15-8-17-20(10-15)9-14-6-4-3-5-7-14/h3-8,10,12-13,21H,9,11H2,1-2H3,(H2,18,19,22). The van der Waals surface area contributed by atoms with Crippen molar-refractivity contribution in [3.63, 3.8) is 0 Å². The maximum absolute atomic E-state index is 11.9. The number of nitrogens with one attached hydrogen (secondary N) is 2. The van der Waals surface area contributed by atoms with E-state index >= 15 is 0 Å². The molecule has 3 N–H and O–H groups in total. The fourth-order valence-corrected chi connectivity index (χ4v) is 1.96. The third kappa shape index (κ3) is 4.60. The molecule has 2 unspecified atom stereocenters. The SMILES string of the molecule is CC(CO)C(C)NC(=O)Nc1cnn(Cc2ccccc2)c1. The van der Waals surface area contributed by atoms with Crippen LogP contribution in [0.5, 0.6) is 0 Å². The number of carbonyl (C=O) groups excluding carboxylic acids is 1. The molecule has 118 valence electrons. The minimum atomic E-state index is -0.299. The predicted octanol–water partition coefficient (Wildman–Crippen LogP) is 2.07. The number of hydrogen-bond acceptors (Lipinski definition) is 3. The van der Waals surface area contributed by atoms with Crippen LogP contribution < -0.4 is 10.6 Å². The monoisotopic (exact) mass is 302 g/mol. The van der Waals surface area contributed by atoms with Crippen LogP contribution >= 0.6 is 0 Å². The summed E-state index contributed by atoms with van der Waals surface area (Å²) < 4.78 is 1.77. The van der Waals surface area contributed by atoms with Gasteiger partial charge in [0.25, 0.3) is 0 Å². The van der Waals surface area contributed by atoms with Crippen molar-refractivity contribution in [1.82, 2.24) is 15.1 Å². The molecule has 0 fully saturated rings. The van der Waals surface area contributed by atoms with Gasteiger partial charge in [0.2, 0.25) is 0 Å². The highest BCUT2D eigenvalue weighted by atomic mass is 16.3. The zero-order valence-electron chi connectivity index (χ0n) is 12.9. The van der Waals surface area contributed by atoms with E-state index in [1.54, 1.807) is 17.1 Å². The van der Waals surface area contributed by atoms with Crippen LogP contribution in [0.1, 0.15) is 19.4 Å². The molecule has 0 spiro atoms. The number of aliphatic hydroxyl groups is 1. The highest BCUT2D eigenvalue weighted by molar-refractivity contribution is 5.89. The van der Waals surface area contributed by atoms with E-state index in [1.165, 1.54) is 0 Å². The van der Waals surface area contributed by atoms with Crippen LogP contribution in [-0.2, 0) is 6.54 Å². The van der Waals surface area contributed by atoms with E-state index in [1.807, 2.05) is 44.2 Å². The molecule has 1 aromatic carbocycles. The van der Waals surface area contributed by atoms with Crippen molar-refractivity contribution < 1.29 is 9.90 Å². The molecule has 2 amide bonds. The van der Waals surface area contributed by atoms with Crippen molar-refractivity contribution in [3.05, 3.63) is 48.3 Å². The van der Waals surface area contributed by atoms with E-state index in [0.29, 0.717) is 12.2 Å². The van der Waals surface area contributed by atoms with Gasteiger partial charge in [0, 0.05) is 18.8 Å². The lowest BCUT2D eigenvalue weighted by atomic mass is 10.1. The molecular weight excluding hydrogens is 280 g/mol. The van der Waals surface area contributed by atoms with Gasteiger partial charge in [0.1, 0.15) is 0 Å². The van der Waals surface area contributed by atoms with E-state index in [2.05, 4.69) is 15.7 Å². The average Bonchev–Trinajstić information content (AvgIpc) is 2.94. The van der Waals surface area contributed by atoms with Crippen LogP contribution in [0.25, 0.3) is 0 Å². The highest BCUT2D eigenvalue weighted by Gasteiger charge is 2.14. The van der Waals surface area contributed by atoms with E-state index < -0.39 is 0 Å². The molecule has 22 heavy (non-hydrogen) atoms. The summed E-state index contributed by atoms with van der Waals surface area (Å²) in [6.07, 6.45) is 3.40. The second kappa shape index (κ2) is 7.61. The summed E-state index contributed by atoms with van der Waals surface area (Å²) in [7, 11) is 0. The van der Waals surface area contributed by atoms with E-state index in [9.17, 15) is 4.79 Å². The van der Waals surface area contributed by atoms with Gasteiger partial charge in [-0.05, 0) is 18.4 Å². The van der Waals surface area contributed by atoms with Gasteiger partial charge in [-0.1, -0.05) is 37.3 Å². The second-order valence-electron chi connectivity index (χ2n) is 5.46. The minimum absolute atomic E-state index is 0.00607. The van der Waals surface area contributed by atoms with Crippen molar-refractivity contribution in [3.8, 4) is 0 Å². The third-order valence-electron chi connectivity index (χ3n) is 3.58. The number of urea groups is 1. The first-order valence-electron chi connectivity index (χ1n) is 7.33. The molecule has 6 nitrogen and oxygen atoms in total. The summed E-state index contributed by atoms with van der Waals surface area (Å²) in [5.74, 6) is 0.00607. The van der Waals surface area contributed by atoms with Gasteiger partial charge in [-0.3, -0.25) is 4.68 Å². The molecular formula is C16H22N4O2. The lowest BCUT2D eigenvalue weighted by Crippen LogP contribution is -2.40. The number of carbonyl (C=O) groups is 1. The van der Waals surface area contributed by atoms with Crippen molar-refractivity contribution >= 4 is 11.7 Å². The smallest absolute Gasteiger partial charge is 0.319 e. The number of anilines is 1. The number of nitrogens with zero attached hydrogens (tertiary/aromatic N) is 2. The molecule has 2 aromatic rings.